The van der Waals surface area contributed by atoms with Gasteiger partial charge in [0, 0.05) is 17.3 Å². The molecule has 0 bridgehead atoms. The summed E-state index contributed by atoms with van der Waals surface area (Å²) in [6.45, 7) is 11.2. The van der Waals surface area contributed by atoms with Gasteiger partial charge in [0.15, 0.2) is 0 Å². The van der Waals surface area contributed by atoms with Crippen molar-refractivity contribution in [3.8, 4) is 5.69 Å². The molecule has 0 radical (unpaired) electrons. The molecule has 1 N–H and O–H groups in total. The molecule has 0 amide bonds. The molecule has 114 valence electrons. The quantitative estimate of drug-likeness (QED) is 0.784. The highest BCUT2D eigenvalue weighted by molar-refractivity contribution is 5.34. The number of rotatable bonds is 7. The van der Waals surface area contributed by atoms with Crippen LogP contribution in [0.5, 0.6) is 0 Å². The van der Waals surface area contributed by atoms with Crippen LogP contribution in [-0.2, 0) is 5.41 Å². The number of benzene rings is 1. The van der Waals surface area contributed by atoms with Gasteiger partial charge in [-0.3, -0.25) is 0 Å². The number of nitrogens with zero attached hydrogens (tertiary/aromatic N) is 2. The molecule has 1 aromatic heterocycles. The lowest BCUT2D eigenvalue weighted by atomic mass is 9.85. The lowest BCUT2D eigenvalue weighted by molar-refractivity contribution is 0.424. The van der Waals surface area contributed by atoms with E-state index < -0.39 is 0 Å². The lowest BCUT2D eigenvalue weighted by Gasteiger charge is -2.26. The van der Waals surface area contributed by atoms with Gasteiger partial charge >= 0.3 is 0 Å². The van der Waals surface area contributed by atoms with Gasteiger partial charge in [0.2, 0.25) is 0 Å². The molecule has 0 saturated carbocycles. The van der Waals surface area contributed by atoms with Gasteiger partial charge in [-0.2, -0.15) is 5.10 Å². The van der Waals surface area contributed by atoms with Crippen LogP contribution in [0.25, 0.3) is 5.69 Å². The third-order valence-corrected chi connectivity index (χ3v) is 3.82. The van der Waals surface area contributed by atoms with E-state index in [2.05, 4.69) is 73.1 Å². The fourth-order valence-electron chi connectivity index (χ4n) is 2.51. The summed E-state index contributed by atoms with van der Waals surface area (Å²) >= 11 is 0. The maximum absolute atomic E-state index is 4.51. The summed E-state index contributed by atoms with van der Waals surface area (Å²) in [7, 11) is 0. The highest BCUT2D eigenvalue weighted by Crippen LogP contribution is 2.28. The normalized spacial score (nSPS) is 12.0. The Bertz CT molecular complexity index is 541. The molecule has 3 heteroatoms. The van der Waals surface area contributed by atoms with E-state index in [4.69, 9.17) is 0 Å². The van der Waals surface area contributed by atoms with Crippen molar-refractivity contribution in [1.29, 1.82) is 0 Å². The molecule has 2 aromatic rings. The average Bonchev–Trinajstić information content (AvgIpc) is 2.95. The predicted octanol–water partition coefficient (Wildman–Crippen LogP) is 3.79. The van der Waals surface area contributed by atoms with Crippen LogP contribution in [0, 0.1) is 5.92 Å². The average molecular weight is 285 g/mol. The summed E-state index contributed by atoms with van der Waals surface area (Å²) in [6.07, 6.45) is 2.99. The van der Waals surface area contributed by atoms with Crippen LogP contribution < -0.4 is 5.32 Å². The summed E-state index contributed by atoms with van der Waals surface area (Å²) in [6, 6.07) is 12.5. The van der Waals surface area contributed by atoms with Crippen molar-refractivity contribution >= 4 is 0 Å². The highest BCUT2D eigenvalue weighted by atomic mass is 15.3. The van der Waals surface area contributed by atoms with Crippen molar-refractivity contribution in [2.75, 3.05) is 13.1 Å². The molecule has 0 aliphatic rings. The Labute approximate surface area is 128 Å². The fraction of sp³-hybridized carbons (Fsp3) is 0.500. The van der Waals surface area contributed by atoms with Crippen LogP contribution in [0.1, 0.15) is 39.8 Å². The van der Waals surface area contributed by atoms with Gasteiger partial charge < -0.3 is 5.32 Å². The third kappa shape index (κ3) is 4.18. The highest BCUT2D eigenvalue weighted by Gasteiger charge is 2.24. The van der Waals surface area contributed by atoms with Crippen LogP contribution >= 0.6 is 0 Å². The number of para-hydroxylation sites is 1. The van der Waals surface area contributed by atoms with E-state index in [0.717, 1.165) is 25.2 Å². The first-order valence-electron chi connectivity index (χ1n) is 7.81. The molecule has 0 atom stereocenters. The Hall–Kier alpha value is -1.61. The summed E-state index contributed by atoms with van der Waals surface area (Å²) < 4.78 is 2.06. The lowest BCUT2D eigenvalue weighted by Crippen LogP contribution is -2.29. The standard InChI is InChI=1S/C18H27N3/c1-15(2)14-19-13-11-18(3,4)17-10-12-20-21(17)16-8-6-5-7-9-16/h5-10,12,15,19H,11,13-14H2,1-4H3. The van der Waals surface area contributed by atoms with E-state index in [1.54, 1.807) is 0 Å². The first kappa shape index (κ1) is 15.8. The van der Waals surface area contributed by atoms with E-state index in [1.165, 1.54) is 5.69 Å². The smallest absolute Gasteiger partial charge is 0.0649 e. The van der Waals surface area contributed by atoms with Crippen molar-refractivity contribution in [3.05, 3.63) is 48.3 Å². The van der Waals surface area contributed by atoms with Gasteiger partial charge in [-0.1, -0.05) is 45.9 Å². The molecular weight excluding hydrogens is 258 g/mol. The second kappa shape index (κ2) is 6.90. The predicted molar refractivity (Wildman–Crippen MR) is 88.9 cm³/mol. The Balaban J connectivity index is 2.09. The minimum Gasteiger partial charge on any atom is -0.316 e. The van der Waals surface area contributed by atoms with Crippen LogP contribution in [0.15, 0.2) is 42.6 Å². The van der Waals surface area contributed by atoms with Crippen LogP contribution in [0.4, 0.5) is 0 Å². The zero-order chi connectivity index (χ0) is 15.3. The van der Waals surface area contributed by atoms with Gasteiger partial charge in [0.05, 0.1) is 5.69 Å². The Morgan fingerprint density at radius 3 is 2.52 bits per heavy atom. The van der Waals surface area contributed by atoms with Crippen LogP contribution in [-0.4, -0.2) is 22.9 Å². The fourth-order valence-corrected chi connectivity index (χ4v) is 2.51. The summed E-state index contributed by atoms with van der Waals surface area (Å²) in [4.78, 5) is 0. The van der Waals surface area contributed by atoms with Gasteiger partial charge in [0.25, 0.3) is 0 Å². The molecule has 0 unspecified atom stereocenters. The zero-order valence-electron chi connectivity index (χ0n) is 13.6. The first-order valence-corrected chi connectivity index (χ1v) is 7.81. The minimum absolute atomic E-state index is 0.0936. The summed E-state index contributed by atoms with van der Waals surface area (Å²) in [5.74, 6) is 0.697. The van der Waals surface area contributed by atoms with Gasteiger partial charge in [-0.15, -0.1) is 0 Å². The topological polar surface area (TPSA) is 29.9 Å². The number of aromatic nitrogens is 2. The zero-order valence-corrected chi connectivity index (χ0v) is 13.6. The molecule has 3 nitrogen and oxygen atoms in total. The van der Waals surface area contributed by atoms with Crippen molar-refractivity contribution in [2.24, 2.45) is 5.92 Å². The van der Waals surface area contributed by atoms with Crippen LogP contribution in [0.3, 0.4) is 0 Å². The molecule has 2 rings (SSSR count). The Morgan fingerprint density at radius 1 is 1.14 bits per heavy atom. The third-order valence-electron chi connectivity index (χ3n) is 3.82. The molecule has 1 heterocycles. The summed E-state index contributed by atoms with van der Waals surface area (Å²) in [5.41, 5.74) is 2.48. The maximum atomic E-state index is 4.51. The SMILES string of the molecule is CC(C)CNCCC(C)(C)c1ccnn1-c1ccccc1. The van der Waals surface area contributed by atoms with E-state index in [0.29, 0.717) is 5.92 Å². The van der Waals surface area contributed by atoms with Crippen molar-refractivity contribution in [3.63, 3.8) is 0 Å². The van der Waals surface area contributed by atoms with E-state index in [-0.39, 0.29) is 5.41 Å². The van der Waals surface area contributed by atoms with Crippen LogP contribution in [0.2, 0.25) is 0 Å². The molecule has 0 fully saturated rings. The van der Waals surface area contributed by atoms with Gasteiger partial charge in [-0.05, 0) is 43.6 Å². The molecular formula is C18H27N3. The largest absolute Gasteiger partial charge is 0.316 e. The molecule has 21 heavy (non-hydrogen) atoms. The van der Waals surface area contributed by atoms with E-state index in [9.17, 15) is 0 Å². The van der Waals surface area contributed by atoms with Crippen molar-refractivity contribution < 1.29 is 0 Å². The minimum atomic E-state index is 0.0936. The van der Waals surface area contributed by atoms with Gasteiger partial charge in [-0.25, -0.2) is 4.68 Å². The second-order valence-electron chi connectivity index (χ2n) is 6.70. The van der Waals surface area contributed by atoms with E-state index >= 15 is 0 Å². The summed E-state index contributed by atoms with van der Waals surface area (Å²) in [5, 5.41) is 8.04. The Kier molecular flexibility index (Phi) is 5.18. The maximum Gasteiger partial charge on any atom is 0.0649 e. The van der Waals surface area contributed by atoms with Crippen molar-refractivity contribution in [2.45, 2.75) is 39.5 Å². The molecule has 0 spiro atoms. The monoisotopic (exact) mass is 285 g/mol. The molecule has 0 aliphatic carbocycles. The van der Waals surface area contributed by atoms with Gasteiger partial charge in [0.1, 0.15) is 0 Å². The molecule has 0 saturated heterocycles. The number of hydrogen-bond donors (Lipinski definition) is 1. The van der Waals surface area contributed by atoms with E-state index in [1.807, 2.05) is 12.3 Å². The Morgan fingerprint density at radius 2 is 1.86 bits per heavy atom. The van der Waals surface area contributed by atoms with Crippen molar-refractivity contribution in [1.82, 2.24) is 15.1 Å². The second-order valence-corrected chi connectivity index (χ2v) is 6.70. The number of nitrogens with one attached hydrogen (secondary N) is 1. The molecule has 1 aromatic carbocycles. The first-order chi connectivity index (χ1) is 10.0. The molecule has 0 aliphatic heterocycles. The number of hydrogen-bond acceptors (Lipinski definition) is 2.